The molecule has 0 aliphatic carbocycles. The van der Waals surface area contributed by atoms with E-state index in [0.29, 0.717) is 6.61 Å². The summed E-state index contributed by atoms with van der Waals surface area (Å²) >= 11 is 0. The Morgan fingerprint density at radius 2 is 1.64 bits per heavy atom. The van der Waals surface area contributed by atoms with Crippen LogP contribution in [0.15, 0.2) is 11.6 Å². The fourth-order valence-corrected chi connectivity index (χ4v) is 0.730. The van der Waals surface area contributed by atoms with Crippen molar-refractivity contribution in [3.63, 3.8) is 0 Å². The predicted octanol–water partition coefficient (Wildman–Crippen LogP) is 0.295. The summed E-state index contributed by atoms with van der Waals surface area (Å²) in [6.07, 6.45) is 1.33. The number of hydrogen-bond acceptors (Lipinski definition) is 5. The minimum atomic E-state index is -0.725. The first-order chi connectivity index (χ1) is 6.67. The Hall–Kier alpha value is -1.36. The van der Waals surface area contributed by atoms with Gasteiger partial charge in [0.2, 0.25) is 0 Å². The molecule has 14 heavy (non-hydrogen) atoms. The van der Waals surface area contributed by atoms with Gasteiger partial charge in [0, 0.05) is 6.61 Å². The smallest absolute Gasteiger partial charge is 0.345 e. The Morgan fingerprint density at radius 1 is 1.14 bits per heavy atom. The molecule has 5 heteroatoms. The summed E-state index contributed by atoms with van der Waals surface area (Å²) in [7, 11) is 2.39. The third-order valence-corrected chi connectivity index (χ3v) is 1.42. The third kappa shape index (κ3) is 4.04. The van der Waals surface area contributed by atoms with Crippen molar-refractivity contribution >= 4 is 11.9 Å². The molecule has 0 amide bonds. The molecule has 0 saturated carbocycles. The van der Waals surface area contributed by atoms with Crippen LogP contribution in [0.2, 0.25) is 0 Å². The van der Waals surface area contributed by atoms with Crippen LogP contribution < -0.4 is 0 Å². The molecule has 0 aliphatic rings. The van der Waals surface area contributed by atoms with Crippen LogP contribution in [0.1, 0.15) is 6.92 Å². The molecule has 0 fully saturated rings. The van der Waals surface area contributed by atoms with Crippen molar-refractivity contribution in [3.8, 4) is 0 Å². The van der Waals surface area contributed by atoms with Gasteiger partial charge < -0.3 is 14.2 Å². The Morgan fingerprint density at radius 3 is 2.00 bits per heavy atom. The summed E-state index contributed by atoms with van der Waals surface area (Å²) in [5, 5.41) is 0. The van der Waals surface area contributed by atoms with Crippen LogP contribution in [0.5, 0.6) is 0 Å². The summed E-state index contributed by atoms with van der Waals surface area (Å²) < 4.78 is 13.8. The highest BCUT2D eigenvalue weighted by molar-refractivity contribution is 6.13. The molecule has 0 bridgehead atoms. The largest absolute Gasteiger partial charge is 0.465 e. The van der Waals surface area contributed by atoms with Gasteiger partial charge in [-0.3, -0.25) is 0 Å². The van der Waals surface area contributed by atoms with E-state index >= 15 is 0 Å². The second-order valence-electron chi connectivity index (χ2n) is 2.26. The molecule has 80 valence electrons. The quantitative estimate of drug-likeness (QED) is 0.211. The first-order valence-corrected chi connectivity index (χ1v) is 4.11. The maximum absolute atomic E-state index is 11.1. The summed E-state index contributed by atoms with van der Waals surface area (Å²) in [6.45, 7) is 2.49. The number of hydrogen-bond donors (Lipinski definition) is 0. The topological polar surface area (TPSA) is 61.8 Å². The zero-order valence-corrected chi connectivity index (χ0v) is 8.53. The predicted molar refractivity (Wildman–Crippen MR) is 48.6 cm³/mol. The minimum absolute atomic E-state index is 0.150. The van der Waals surface area contributed by atoms with Crippen LogP contribution in [0.3, 0.4) is 0 Å². The lowest BCUT2D eigenvalue weighted by Gasteiger charge is -2.03. The van der Waals surface area contributed by atoms with E-state index in [1.165, 1.54) is 20.3 Å². The van der Waals surface area contributed by atoms with E-state index in [-0.39, 0.29) is 12.2 Å². The first kappa shape index (κ1) is 12.6. The lowest BCUT2D eigenvalue weighted by molar-refractivity contribution is -0.144. The second kappa shape index (κ2) is 7.08. The van der Waals surface area contributed by atoms with Crippen molar-refractivity contribution in [1.29, 1.82) is 0 Å². The lowest BCUT2D eigenvalue weighted by Crippen LogP contribution is -2.16. The zero-order valence-electron chi connectivity index (χ0n) is 8.53. The summed E-state index contributed by atoms with van der Waals surface area (Å²) in [6, 6.07) is 0. The molecule has 0 rings (SSSR count). The van der Waals surface area contributed by atoms with Gasteiger partial charge in [0.1, 0.15) is 5.57 Å². The van der Waals surface area contributed by atoms with Gasteiger partial charge in [-0.2, -0.15) is 0 Å². The first-order valence-electron chi connectivity index (χ1n) is 4.11. The number of carbonyl (C=O) groups excluding carboxylic acids is 2. The van der Waals surface area contributed by atoms with E-state index in [0.717, 1.165) is 0 Å². The molecule has 0 aliphatic heterocycles. The van der Waals surface area contributed by atoms with E-state index in [1.807, 2.05) is 6.92 Å². The number of methoxy groups -OCH3 is 2. The average molecular weight is 202 g/mol. The highest BCUT2D eigenvalue weighted by Crippen LogP contribution is 2.00. The second-order valence-corrected chi connectivity index (χ2v) is 2.26. The molecule has 0 spiro atoms. The molecule has 0 N–H and O–H groups in total. The highest BCUT2D eigenvalue weighted by atomic mass is 16.5. The lowest BCUT2D eigenvalue weighted by atomic mass is 10.2. The standard InChI is InChI=1S/C9H14O5/c1-4-14-6-5-7(8(10)12-2)9(11)13-3/h5H,4,6H2,1-3H3. The number of carbonyl (C=O) groups is 2. The fourth-order valence-electron chi connectivity index (χ4n) is 0.730. The average Bonchev–Trinajstić information content (AvgIpc) is 2.22. The molecule has 0 aromatic carbocycles. The summed E-state index contributed by atoms with van der Waals surface area (Å²) in [4.78, 5) is 22.1. The Bertz CT molecular complexity index is 213. The molecule has 5 nitrogen and oxygen atoms in total. The molecule has 0 aromatic rings. The summed E-state index contributed by atoms with van der Waals surface area (Å²) in [5.41, 5.74) is -0.150. The van der Waals surface area contributed by atoms with Gasteiger partial charge in [0.15, 0.2) is 0 Å². The van der Waals surface area contributed by atoms with E-state index in [4.69, 9.17) is 4.74 Å². The molecule has 0 saturated heterocycles. The number of esters is 2. The molecule has 0 heterocycles. The van der Waals surface area contributed by atoms with Crippen LogP contribution in [-0.4, -0.2) is 39.4 Å². The zero-order chi connectivity index (χ0) is 11.0. The van der Waals surface area contributed by atoms with Gasteiger partial charge in [-0.05, 0) is 13.0 Å². The van der Waals surface area contributed by atoms with E-state index in [1.54, 1.807) is 0 Å². The Kier molecular flexibility index (Phi) is 6.39. The van der Waals surface area contributed by atoms with Crippen molar-refractivity contribution in [1.82, 2.24) is 0 Å². The van der Waals surface area contributed by atoms with Crippen molar-refractivity contribution in [2.24, 2.45) is 0 Å². The van der Waals surface area contributed by atoms with Crippen molar-refractivity contribution < 1.29 is 23.8 Å². The maximum Gasteiger partial charge on any atom is 0.345 e. The van der Waals surface area contributed by atoms with Crippen LogP contribution in [0, 0.1) is 0 Å². The van der Waals surface area contributed by atoms with Crippen LogP contribution in [0.4, 0.5) is 0 Å². The Balaban J connectivity index is 4.46. The van der Waals surface area contributed by atoms with Crippen molar-refractivity contribution in [2.75, 3.05) is 27.4 Å². The van der Waals surface area contributed by atoms with Gasteiger partial charge in [-0.25, -0.2) is 9.59 Å². The van der Waals surface area contributed by atoms with Crippen LogP contribution >= 0.6 is 0 Å². The maximum atomic E-state index is 11.1. The third-order valence-electron chi connectivity index (χ3n) is 1.42. The molecule has 0 atom stereocenters. The minimum Gasteiger partial charge on any atom is -0.465 e. The van der Waals surface area contributed by atoms with Crippen molar-refractivity contribution in [2.45, 2.75) is 6.92 Å². The number of rotatable bonds is 5. The van der Waals surface area contributed by atoms with Gasteiger partial charge in [-0.1, -0.05) is 0 Å². The molecule has 0 radical (unpaired) electrons. The van der Waals surface area contributed by atoms with Gasteiger partial charge in [0.25, 0.3) is 0 Å². The van der Waals surface area contributed by atoms with E-state index in [9.17, 15) is 9.59 Å². The highest BCUT2D eigenvalue weighted by Gasteiger charge is 2.18. The SMILES string of the molecule is CCOCC=C(C(=O)OC)C(=O)OC. The summed E-state index contributed by atoms with van der Waals surface area (Å²) in [5.74, 6) is -1.45. The van der Waals surface area contributed by atoms with Crippen LogP contribution in [0.25, 0.3) is 0 Å². The van der Waals surface area contributed by atoms with E-state index < -0.39 is 11.9 Å². The normalized spacial score (nSPS) is 9.07. The molecule has 0 aromatic heterocycles. The van der Waals surface area contributed by atoms with Crippen molar-refractivity contribution in [3.05, 3.63) is 11.6 Å². The molecular weight excluding hydrogens is 188 g/mol. The molecule has 0 unspecified atom stereocenters. The molecular formula is C9H14O5. The monoisotopic (exact) mass is 202 g/mol. The van der Waals surface area contributed by atoms with Gasteiger partial charge >= 0.3 is 11.9 Å². The van der Waals surface area contributed by atoms with Crippen LogP contribution in [-0.2, 0) is 23.8 Å². The van der Waals surface area contributed by atoms with Gasteiger partial charge in [0.05, 0.1) is 20.8 Å². The number of ether oxygens (including phenoxy) is 3. The van der Waals surface area contributed by atoms with Gasteiger partial charge in [-0.15, -0.1) is 0 Å². The Labute approximate surface area is 82.6 Å². The fraction of sp³-hybridized carbons (Fsp3) is 0.556. The van der Waals surface area contributed by atoms with E-state index in [2.05, 4.69) is 9.47 Å².